The molecule has 0 atom stereocenters. The van der Waals surface area contributed by atoms with Crippen LogP contribution in [0.25, 0.3) is 0 Å². The first-order valence-corrected chi connectivity index (χ1v) is 7.44. The number of aromatic nitrogens is 1. The van der Waals surface area contributed by atoms with Crippen molar-refractivity contribution in [3.63, 3.8) is 0 Å². The molecule has 0 aliphatic carbocycles. The average molecular weight is 335 g/mol. The summed E-state index contributed by atoms with van der Waals surface area (Å²) in [7, 11) is 0. The Balaban J connectivity index is 2.42. The minimum atomic E-state index is 0.369. The third-order valence-electron chi connectivity index (χ3n) is 3.10. The van der Waals surface area contributed by atoms with Gasteiger partial charge in [-0.15, -0.1) is 0 Å². The van der Waals surface area contributed by atoms with Gasteiger partial charge >= 0.3 is 0 Å². The summed E-state index contributed by atoms with van der Waals surface area (Å²) in [5.74, 6) is 1.79. The molecule has 0 unspecified atom stereocenters. The van der Waals surface area contributed by atoms with Crippen LogP contribution in [-0.4, -0.2) is 4.98 Å². The predicted octanol–water partition coefficient (Wildman–Crippen LogP) is 4.53. The zero-order valence-corrected chi connectivity index (χ0v) is 13.6. The molecule has 2 N–H and O–H groups in total. The van der Waals surface area contributed by atoms with Crippen LogP contribution < -0.4 is 10.5 Å². The molecule has 1 aromatic heterocycles. The molecule has 0 aliphatic heterocycles. The lowest BCUT2D eigenvalue weighted by Gasteiger charge is -2.15. The van der Waals surface area contributed by atoms with Gasteiger partial charge in [0.05, 0.1) is 0 Å². The smallest absolute Gasteiger partial charge is 0.223 e. The second-order valence-electron chi connectivity index (χ2n) is 5.06. The van der Waals surface area contributed by atoms with Crippen LogP contribution in [0.1, 0.15) is 36.6 Å². The lowest BCUT2D eigenvalue weighted by atomic mass is 10.0. The summed E-state index contributed by atoms with van der Waals surface area (Å²) in [4.78, 5) is 4.45. The van der Waals surface area contributed by atoms with Crippen LogP contribution in [0.3, 0.4) is 0 Å². The minimum Gasteiger partial charge on any atom is -0.438 e. The van der Waals surface area contributed by atoms with Gasteiger partial charge in [-0.05, 0) is 42.7 Å². The zero-order valence-electron chi connectivity index (χ0n) is 12.0. The van der Waals surface area contributed by atoms with E-state index in [0.29, 0.717) is 18.3 Å². The summed E-state index contributed by atoms with van der Waals surface area (Å²) >= 11 is 3.50. The van der Waals surface area contributed by atoms with Gasteiger partial charge in [-0.1, -0.05) is 35.8 Å². The van der Waals surface area contributed by atoms with Crippen LogP contribution in [0.15, 0.2) is 34.8 Å². The first-order valence-electron chi connectivity index (χ1n) is 6.65. The van der Waals surface area contributed by atoms with Gasteiger partial charge in [0.15, 0.2) is 0 Å². The number of nitrogens with zero attached hydrogens (tertiary/aromatic N) is 1. The van der Waals surface area contributed by atoms with Gasteiger partial charge in [-0.25, -0.2) is 4.98 Å². The Bertz CT molecular complexity index is 611. The summed E-state index contributed by atoms with van der Waals surface area (Å²) < 4.78 is 7.06. The van der Waals surface area contributed by atoms with E-state index in [1.807, 2.05) is 31.2 Å². The van der Waals surface area contributed by atoms with Crippen LogP contribution in [0.2, 0.25) is 0 Å². The van der Waals surface area contributed by atoms with Crippen LogP contribution in [0, 0.1) is 6.92 Å². The fourth-order valence-corrected chi connectivity index (χ4v) is 2.35. The Hall–Kier alpha value is -1.39. The molecule has 0 spiro atoms. The number of nitrogens with two attached hydrogens (primary N) is 1. The maximum absolute atomic E-state index is 6.02. The topological polar surface area (TPSA) is 48.1 Å². The van der Waals surface area contributed by atoms with Gasteiger partial charge in [0.2, 0.25) is 5.88 Å². The monoisotopic (exact) mass is 334 g/mol. The van der Waals surface area contributed by atoms with Gasteiger partial charge < -0.3 is 10.5 Å². The third kappa shape index (κ3) is 3.38. The summed E-state index contributed by atoms with van der Waals surface area (Å²) in [5.41, 5.74) is 8.72. The number of aryl methyl sites for hydroxylation is 1. The quantitative estimate of drug-likeness (QED) is 0.893. The van der Waals surface area contributed by atoms with E-state index in [0.717, 1.165) is 27.0 Å². The third-order valence-corrected chi connectivity index (χ3v) is 3.59. The number of hydrogen-bond acceptors (Lipinski definition) is 3. The number of pyridine rings is 1. The first-order chi connectivity index (χ1) is 9.51. The molecule has 4 heteroatoms. The Kier molecular flexibility index (Phi) is 4.78. The van der Waals surface area contributed by atoms with E-state index >= 15 is 0 Å². The fourth-order valence-electron chi connectivity index (χ4n) is 1.97. The molecule has 0 aliphatic rings. The number of ether oxygens (including phenoxy) is 1. The van der Waals surface area contributed by atoms with Crippen molar-refractivity contribution >= 4 is 15.9 Å². The molecule has 0 saturated carbocycles. The number of hydrogen-bond donors (Lipinski definition) is 1. The average Bonchev–Trinajstić information content (AvgIpc) is 2.41. The zero-order chi connectivity index (χ0) is 14.7. The lowest BCUT2D eigenvalue weighted by Crippen LogP contribution is -2.03. The Morgan fingerprint density at radius 1 is 1.25 bits per heavy atom. The Morgan fingerprint density at radius 3 is 2.65 bits per heavy atom. The molecule has 2 aromatic rings. The predicted molar refractivity (Wildman–Crippen MR) is 85.2 cm³/mol. The molecule has 1 aromatic carbocycles. The van der Waals surface area contributed by atoms with E-state index in [1.54, 1.807) is 0 Å². The molecule has 3 nitrogen and oxygen atoms in total. The van der Waals surface area contributed by atoms with Gasteiger partial charge in [-0.3, -0.25) is 0 Å². The molecule has 20 heavy (non-hydrogen) atoms. The highest BCUT2D eigenvalue weighted by Gasteiger charge is 2.12. The maximum atomic E-state index is 6.02. The van der Waals surface area contributed by atoms with Gasteiger partial charge in [0, 0.05) is 22.3 Å². The molecule has 0 amide bonds. The van der Waals surface area contributed by atoms with Crippen molar-refractivity contribution in [2.45, 2.75) is 33.2 Å². The summed E-state index contributed by atoms with van der Waals surface area (Å²) in [6, 6.07) is 9.92. The molecular weight excluding hydrogens is 316 g/mol. The summed E-state index contributed by atoms with van der Waals surface area (Å²) in [6.07, 6.45) is 0. The normalized spacial score (nSPS) is 10.9. The summed E-state index contributed by atoms with van der Waals surface area (Å²) in [6.45, 7) is 6.64. The van der Waals surface area contributed by atoms with Crippen molar-refractivity contribution in [1.29, 1.82) is 0 Å². The molecule has 0 radical (unpaired) electrons. The lowest BCUT2D eigenvalue weighted by molar-refractivity contribution is 0.447. The molecule has 106 valence electrons. The molecule has 0 saturated heterocycles. The van der Waals surface area contributed by atoms with Crippen molar-refractivity contribution in [2.24, 2.45) is 5.73 Å². The molecule has 1 heterocycles. The van der Waals surface area contributed by atoms with Gasteiger partial charge in [0.1, 0.15) is 5.75 Å². The van der Waals surface area contributed by atoms with E-state index in [-0.39, 0.29) is 0 Å². The van der Waals surface area contributed by atoms with Crippen molar-refractivity contribution < 1.29 is 4.74 Å². The van der Waals surface area contributed by atoms with Crippen LogP contribution in [0.5, 0.6) is 11.6 Å². The van der Waals surface area contributed by atoms with Crippen LogP contribution in [0.4, 0.5) is 0 Å². The van der Waals surface area contributed by atoms with E-state index in [4.69, 9.17) is 10.5 Å². The van der Waals surface area contributed by atoms with Gasteiger partial charge in [0.25, 0.3) is 0 Å². The molecule has 0 fully saturated rings. The minimum absolute atomic E-state index is 0.369. The Labute approximate surface area is 128 Å². The Morgan fingerprint density at radius 2 is 2.00 bits per heavy atom. The van der Waals surface area contributed by atoms with Gasteiger partial charge in [-0.2, -0.15) is 0 Å². The van der Waals surface area contributed by atoms with E-state index in [2.05, 4.69) is 40.8 Å². The first kappa shape index (κ1) is 15.0. The number of halogens is 1. The maximum Gasteiger partial charge on any atom is 0.223 e. The van der Waals surface area contributed by atoms with Crippen molar-refractivity contribution in [1.82, 2.24) is 4.98 Å². The van der Waals surface area contributed by atoms with Crippen LogP contribution >= 0.6 is 15.9 Å². The van der Waals surface area contributed by atoms with Crippen LogP contribution in [-0.2, 0) is 6.54 Å². The summed E-state index contributed by atoms with van der Waals surface area (Å²) in [5, 5.41) is 0. The SMILES string of the molecule is Cc1ccc(CN)c(Oc2ccc(Br)cc2C(C)C)n1. The largest absolute Gasteiger partial charge is 0.438 e. The van der Waals surface area contributed by atoms with E-state index in [1.165, 1.54) is 0 Å². The number of benzene rings is 1. The van der Waals surface area contributed by atoms with Crippen molar-refractivity contribution in [3.8, 4) is 11.6 Å². The highest BCUT2D eigenvalue weighted by atomic mass is 79.9. The van der Waals surface area contributed by atoms with Crippen molar-refractivity contribution in [3.05, 3.63) is 51.6 Å². The second kappa shape index (κ2) is 6.37. The van der Waals surface area contributed by atoms with Crippen molar-refractivity contribution in [2.75, 3.05) is 0 Å². The molecule has 2 rings (SSSR count). The standard InChI is InChI=1S/C16H19BrN2O/c1-10(2)14-8-13(17)6-7-15(14)20-16-12(9-18)5-4-11(3)19-16/h4-8,10H,9,18H2,1-3H3. The second-order valence-corrected chi connectivity index (χ2v) is 5.98. The highest BCUT2D eigenvalue weighted by molar-refractivity contribution is 9.10. The molecular formula is C16H19BrN2O. The van der Waals surface area contributed by atoms with E-state index < -0.39 is 0 Å². The fraction of sp³-hybridized carbons (Fsp3) is 0.312. The van der Waals surface area contributed by atoms with E-state index in [9.17, 15) is 0 Å². The number of rotatable bonds is 4. The molecule has 0 bridgehead atoms. The highest BCUT2D eigenvalue weighted by Crippen LogP contribution is 2.33.